The average molecular weight is 493 g/mol. The number of rotatable bonds is 7. The summed E-state index contributed by atoms with van der Waals surface area (Å²) in [5.41, 5.74) is 3.15. The molecule has 1 N–H and O–H groups in total. The van der Waals surface area contributed by atoms with Crippen LogP contribution >= 0.6 is 0 Å². The molecule has 0 atom stereocenters. The van der Waals surface area contributed by atoms with E-state index in [9.17, 15) is 4.79 Å². The molecule has 36 heavy (non-hydrogen) atoms. The van der Waals surface area contributed by atoms with Crippen molar-refractivity contribution in [1.82, 2.24) is 34.2 Å². The van der Waals surface area contributed by atoms with Crippen molar-refractivity contribution in [1.29, 1.82) is 0 Å². The van der Waals surface area contributed by atoms with Gasteiger partial charge in [-0.25, -0.2) is 15.0 Å². The number of nitrogens with one attached hydrogen (secondary N) is 1. The third kappa shape index (κ3) is 5.35. The molecule has 1 amide bonds. The number of imidazole rings is 1. The van der Waals surface area contributed by atoms with E-state index >= 15 is 0 Å². The maximum Gasteiger partial charge on any atom is 0.253 e. The molecule has 1 aromatic carbocycles. The van der Waals surface area contributed by atoms with Gasteiger partial charge >= 0.3 is 0 Å². The summed E-state index contributed by atoms with van der Waals surface area (Å²) in [7, 11) is 2.09. The highest BCUT2D eigenvalue weighted by atomic mass is 16.5. The Balaban J connectivity index is 1.37. The second-order valence-electron chi connectivity index (χ2n) is 9.87. The molecular weight excluding hydrogens is 456 g/mol. The van der Waals surface area contributed by atoms with Crippen molar-refractivity contribution in [2.24, 2.45) is 0 Å². The third-order valence-electron chi connectivity index (χ3n) is 6.98. The molecule has 10 nitrogen and oxygen atoms in total. The number of fused-ring (bicyclic) bond motifs is 1. The van der Waals surface area contributed by atoms with Crippen molar-refractivity contribution in [2.45, 2.75) is 19.9 Å². The van der Waals surface area contributed by atoms with Crippen LogP contribution in [0.25, 0.3) is 22.6 Å². The first-order chi connectivity index (χ1) is 17.5. The van der Waals surface area contributed by atoms with E-state index in [0.717, 1.165) is 88.1 Å². The first kappa shape index (κ1) is 24.6. The largest absolute Gasteiger partial charge is 0.379 e. The fourth-order valence-electron chi connectivity index (χ4n) is 4.66. The topological polar surface area (TPSA) is 91.6 Å². The number of piperazine rings is 1. The summed E-state index contributed by atoms with van der Waals surface area (Å²) in [4.78, 5) is 33.9. The van der Waals surface area contributed by atoms with Gasteiger partial charge in [0.15, 0.2) is 17.3 Å². The summed E-state index contributed by atoms with van der Waals surface area (Å²) >= 11 is 0. The first-order valence-corrected chi connectivity index (χ1v) is 12.9. The molecule has 0 unspecified atom stereocenters. The van der Waals surface area contributed by atoms with Crippen LogP contribution in [-0.4, -0.2) is 113 Å². The molecule has 0 aliphatic carbocycles. The van der Waals surface area contributed by atoms with Gasteiger partial charge in [0.25, 0.3) is 5.91 Å². The van der Waals surface area contributed by atoms with Crippen molar-refractivity contribution in [3.63, 3.8) is 0 Å². The number of amides is 1. The van der Waals surface area contributed by atoms with Gasteiger partial charge in [0.05, 0.1) is 19.5 Å². The van der Waals surface area contributed by atoms with E-state index in [2.05, 4.69) is 45.6 Å². The van der Waals surface area contributed by atoms with E-state index in [1.165, 1.54) is 0 Å². The molecule has 0 bridgehead atoms. The van der Waals surface area contributed by atoms with Gasteiger partial charge in [-0.3, -0.25) is 9.69 Å². The van der Waals surface area contributed by atoms with Crippen molar-refractivity contribution < 1.29 is 9.53 Å². The Hall–Kier alpha value is -3.08. The molecule has 5 rings (SSSR count). The highest BCUT2D eigenvalue weighted by Gasteiger charge is 2.21. The number of carbonyl (C=O) groups is 1. The predicted molar refractivity (Wildman–Crippen MR) is 140 cm³/mol. The van der Waals surface area contributed by atoms with Gasteiger partial charge < -0.3 is 24.4 Å². The lowest BCUT2D eigenvalue weighted by Gasteiger charge is -2.32. The van der Waals surface area contributed by atoms with E-state index < -0.39 is 0 Å². The second-order valence-corrected chi connectivity index (χ2v) is 9.87. The lowest BCUT2D eigenvalue weighted by atomic mass is 10.1. The number of hydrogen-bond donors (Lipinski definition) is 1. The lowest BCUT2D eigenvalue weighted by molar-refractivity contribution is 0.0398. The van der Waals surface area contributed by atoms with Crippen molar-refractivity contribution in [3.05, 3.63) is 36.2 Å². The number of aromatic nitrogens is 4. The van der Waals surface area contributed by atoms with Gasteiger partial charge in [-0.2, -0.15) is 0 Å². The molecule has 2 aliphatic rings. The minimum absolute atomic E-state index is 0.0781. The van der Waals surface area contributed by atoms with Gasteiger partial charge in [0.1, 0.15) is 5.52 Å². The van der Waals surface area contributed by atoms with E-state index in [1.807, 2.05) is 35.5 Å². The maximum atomic E-state index is 13.0. The molecule has 2 aliphatic heterocycles. The molecule has 3 aromatic rings. The van der Waals surface area contributed by atoms with Crippen LogP contribution in [0.5, 0.6) is 0 Å². The molecular formula is C26H36N8O2. The number of nitrogens with zero attached hydrogens (tertiary/aromatic N) is 7. The van der Waals surface area contributed by atoms with Crippen LogP contribution in [0.1, 0.15) is 30.2 Å². The summed E-state index contributed by atoms with van der Waals surface area (Å²) in [6.45, 7) is 12.7. The van der Waals surface area contributed by atoms with Crippen molar-refractivity contribution >= 4 is 22.9 Å². The van der Waals surface area contributed by atoms with Gasteiger partial charge in [-0.15, -0.1) is 0 Å². The number of anilines is 1. The third-order valence-corrected chi connectivity index (χ3v) is 6.98. The number of hydrogen-bond acceptors (Lipinski definition) is 8. The van der Waals surface area contributed by atoms with Crippen LogP contribution in [-0.2, 0) is 4.74 Å². The van der Waals surface area contributed by atoms with Crippen LogP contribution in [0, 0.1) is 0 Å². The number of carbonyl (C=O) groups excluding carboxylic acids is 1. The van der Waals surface area contributed by atoms with Crippen LogP contribution in [0.4, 0.5) is 5.82 Å². The minimum Gasteiger partial charge on any atom is -0.379 e. The molecule has 2 fully saturated rings. The Morgan fingerprint density at radius 1 is 1.03 bits per heavy atom. The Morgan fingerprint density at radius 2 is 1.75 bits per heavy atom. The summed E-state index contributed by atoms with van der Waals surface area (Å²) in [6.07, 6.45) is 1.83. The number of likely N-dealkylation sites (N-methyl/N-ethyl adjacent to an activating group) is 1. The fraction of sp³-hybridized carbons (Fsp3) is 0.538. The zero-order chi connectivity index (χ0) is 25.1. The molecule has 192 valence electrons. The first-order valence-electron chi connectivity index (χ1n) is 12.9. The summed E-state index contributed by atoms with van der Waals surface area (Å²) in [5.74, 6) is 1.44. The summed E-state index contributed by atoms with van der Waals surface area (Å²) < 4.78 is 7.52. The normalized spacial score (nSPS) is 17.7. The molecule has 2 aromatic heterocycles. The Morgan fingerprint density at radius 3 is 2.44 bits per heavy atom. The average Bonchev–Trinajstić information content (AvgIpc) is 3.34. The smallest absolute Gasteiger partial charge is 0.253 e. The van der Waals surface area contributed by atoms with E-state index in [-0.39, 0.29) is 11.9 Å². The lowest BCUT2D eigenvalue weighted by Crippen LogP contribution is -2.47. The van der Waals surface area contributed by atoms with Gasteiger partial charge in [-0.1, -0.05) is 12.1 Å². The van der Waals surface area contributed by atoms with Crippen molar-refractivity contribution in [2.75, 3.05) is 77.9 Å². The van der Waals surface area contributed by atoms with E-state index in [0.29, 0.717) is 11.4 Å². The molecule has 10 heteroatoms. The Bertz CT molecular complexity index is 1180. The molecule has 2 saturated heterocycles. The van der Waals surface area contributed by atoms with E-state index in [1.54, 1.807) is 0 Å². The van der Waals surface area contributed by atoms with Crippen LogP contribution in [0.3, 0.4) is 0 Å². The molecule has 0 radical (unpaired) electrons. The van der Waals surface area contributed by atoms with Crippen LogP contribution < -0.4 is 5.32 Å². The van der Waals surface area contributed by atoms with Crippen LogP contribution in [0.15, 0.2) is 30.6 Å². The Labute approximate surface area is 212 Å². The van der Waals surface area contributed by atoms with E-state index in [4.69, 9.17) is 14.7 Å². The summed E-state index contributed by atoms with van der Waals surface area (Å²) in [5, 5.41) is 3.50. The SMILES string of the molecule is CC(C)n1cnc2c(NCCN3CCOCC3)nc(-c3ccc(C(=O)N4CCN(C)CC4)cc3)nc21. The van der Waals surface area contributed by atoms with Crippen LogP contribution in [0.2, 0.25) is 0 Å². The molecule has 4 heterocycles. The molecule has 0 saturated carbocycles. The fourth-order valence-corrected chi connectivity index (χ4v) is 4.66. The van der Waals surface area contributed by atoms with Crippen molar-refractivity contribution in [3.8, 4) is 11.4 Å². The van der Waals surface area contributed by atoms with Gasteiger partial charge in [-0.05, 0) is 33.0 Å². The zero-order valence-corrected chi connectivity index (χ0v) is 21.5. The highest BCUT2D eigenvalue weighted by molar-refractivity contribution is 5.95. The molecule has 0 spiro atoms. The van der Waals surface area contributed by atoms with Gasteiger partial charge in [0, 0.05) is 69.5 Å². The minimum atomic E-state index is 0.0781. The standard InChI is InChI=1S/C26H36N8O2/c1-19(2)34-18-28-22-24(27-8-9-32-14-16-36-17-15-32)29-23(30-25(22)34)20-4-6-21(7-5-20)26(35)33-12-10-31(3)11-13-33/h4-7,18-19H,8-17H2,1-3H3,(H,27,29,30). The highest BCUT2D eigenvalue weighted by Crippen LogP contribution is 2.26. The number of morpholine rings is 1. The van der Waals surface area contributed by atoms with Gasteiger partial charge in [0.2, 0.25) is 0 Å². The zero-order valence-electron chi connectivity index (χ0n) is 21.5. The number of benzene rings is 1. The second kappa shape index (κ2) is 10.9. The monoisotopic (exact) mass is 492 g/mol. The summed E-state index contributed by atoms with van der Waals surface area (Å²) in [6, 6.07) is 7.88. The quantitative estimate of drug-likeness (QED) is 0.537. The number of ether oxygens (including phenoxy) is 1. The maximum absolute atomic E-state index is 13.0. The Kier molecular flexibility index (Phi) is 7.45. The predicted octanol–water partition coefficient (Wildman–Crippen LogP) is 2.21.